The van der Waals surface area contributed by atoms with Crippen molar-refractivity contribution in [2.24, 2.45) is 34.5 Å². The molecule has 5 aliphatic carbocycles. The summed E-state index contributed by atoms with van der Waals surface area (Å²) in [6.07, 6.45) is 6.68. The zero-order valence-electron chi connectivity index (χ0n) is 18.5. The Labute approximate surface area is 178 Å². The lowest BCUT2D eigenvalue weighted by atomic mass is 9.59. The van der Waals surface area contributed by atoms with Crippen LogP contribution >= 0.6 is 0 Å². The van der Waals surface area contributed by atoms with Crippen LogP contribution in [0.15, 0.2) is 23.3 Å². The molecule has 0 amide bonds. The number of ketones is 1. The smallest absolute Gasteiger partial charge is 0.169 e. The van der Waals surface area contributed by atoms with Gasteiger partial charge in [-0.25, -0.2) is 0 Å². The number of rotatable bonds is 0. The minimum Gasteiger partial charge on any atom is -0.386 e. The molecule has 5 heteroatoms. The van der Waals surface area contributed by atoms with E-state index >= 15 is 0 Å². The minimum atomic E-state index is -1.69. The van der Waals surface area contributed by atoms with Crippen LogP contribution in [0.4, 0.5) is 0 Å². The molecule has 5 nitrogen and oxygen atoms in total. The lowest BCUT2D eigenvalue weighted by Gasteiger charge is -2.53. The van der Waals surface area contributed by atoms with Crippen LogP contribution in [0, 0.1) is 34.5 Å². The average molecular weight is 415 g/mol. The Morgan fingerprint density at radius 2 is 1.90 bits per heavy atom. The van der Waals surface area contributed by atoms with Gasteiger partial charge >= 0.3 is 0 Å². The Balaban J connectivity index is 1.57. The summed E-state index contributed by atoms with van der Waals surface area (Å²) in [5, 5.41) is 23.8. The molecule has 0 radical (unpaired) electrons. The van der Waals surface area contributed by atoms with E-state index in [4.69, 9.17) is 9.47 Å². The molecule has 2 N–H and O–H groups in total. The van der Waals surface area contributed by atoms with Gasteiger partial charge in [0.1, 0.15) is 17.8 Å². The summed E-state index contributed by atoms with van der Waals surface area (Å²) in [5.41, 5.74) is -1.17. The molecule has 0 aromatic heterocycles. The number of carbonyl (C=O) groups excluding carboxylic acids is 1. The molecule has 0 aromatic rings. The predicted octanol–water partition coefficient (Wildman–Crippen LogP) is 3.15. The Kier molecular flexibility index (Phi) is 3.71. The molecular weight excluding hydrogens is 380 g/mol. The monoisotopic (exact) mass is 414 g/mol. The third-order valence-electron chi connectivity index (χ3n) is 9.92. The highest BCUT2D eigenvalue weighted by atomic mass is 16.7. The summed E-state index contributed by atoms with van der Waals surface area (Å²) < 4.78 is 12.8. The van der Waals surface area contributed by atoms with E-state index in [2.05, 4.69) is 26.8 Å². The first-order valence-corrected chi connectivity index (χ1v) is 11.7. The number of aliphatic hydroxyl groups is 2. The van der Waals surface area contributed by atoms with Gasteiger partial charge in [0.05, 0.1) is 12.0 Å². The van der Waals surface area contributed by atoms with E-state index in [9.17, 15) is 15.0 Å². The van der Waals surface area contributed by atoms with Gasteiger partial charge < -0.3 is 19.7 Å². The molecular formula is C25H34O5. The maximum Gasteiger partial charge on any atom is 0.169 e. The van der Waals surface area contributed by atoms with Crippen molar-refractivity contribution in [1.82, 2.24) is 0 Å². The molecule has 4 fully saturated rings. The van der Waals surface area contributed by atoms with Crippen LogP contribution in [0.25, 0.3) is 0 Å². The van der Waals surface area contributed by atoms with Gasteiger partial charge in [-0.1, -0.05) is 32.9 Å². The van der Waals surface area contributed by atoms with Crippen LogP contribution in [0.3, 0.4) is 0 Å². The lowest BCUT2D eigenvalue weighted by molar-refractivity contribution is -0.314. The van der Waals surface area contributed by atoms with E-state index in [1.54, 1.807) is 0 Å². The summed E-state index contributed by atoms with van der Waals surface area (Å²) in [6, 6.07) is 0. The predicted molar refractivity (Wildman–Crippen MR) is 110 cm³/mol. The molecule has 3 saturated carbocycles. The van der Waals surface area contributed by atoms with E-state index in [0.29, 0.717) is 18.1 Å². The number of hydrogen-bond acceptors (Lipinski definition) is 5. The normalized spacial score (nSPS) is 52.5. The number of aliphatic hydroxyl groups excluding tert-OH is 1. The molecule has 6 aliphatic rings. The fourth-order valence-corrected chi connectivity index (χ4v) is 8.20. The summed E-state index contributed by atoms with van der Waals surface area (Å²) in [4.78, 5) is 14.3. The van der Waals surface area contributed by atoms with Crippen molar-refractivity contribution in [3.05, 3.63) is 23.3 Å². The first-order valence-electron chi connectivity index (χ1n) is 11.7. The standard InChI is InChI=1S/C25H34O5/c1-13-11-24-14(2)9-17-18(22(17,3)4)16(20(24)27)10-15-12-29-23(7-5-6-8-23)30-21(15)25(24,28)19(13)26/h10-11,14,16-19,21,26,28H,5-9,12H2,1-4H3/t14-,16?,17-,18+,19+,21-,24?,25-/m1/s1. The zero-order valence-corrected chi connectivity index (χ0v) is 18.5. The second-order valence-corrected chi connectivity index (χ2v) is 11.6. The Morgan fingerprint density at radius 1 is 1.20 bits per heavy atom. The van der Waals surface area contributed by atoms with Crippen molar-refractivity contribution in [2.75, 3.05) is 6.61 Å². The minimum absolute atomic E-state index is 0.0671. The fourth-order valence-electron chi connectivity index (χ4n) is 8.20. The highest BCUT2D eigenvalue weighted by Gasteiger charge is 2.76. The fraction of sp³-hybridized carbons (Fsp3) is 0.800. The molecule has 0 aromatic carbocycles. The first kappa shape index (κ1) is 19.7. The Morgan fingerprint density at radius 3 is 2.60 bits per heavy atom. The van der Waals surface area contributed by atoms with Gasteiger partial charge in [-0.2, -0.15) is 0 Å². The Hall–Kier alpha value is -1.01. The van der Waals surface area contributed by atoms with Crippen LogP contribution in [-0.4, -0.2) is 46.2 Å². The molecule has 2 bridgehead atoms. The third-order valence-corrected chi connectivity index (χ3v) is 9.92. The topological polar surface area (TPSA) is 76.0 Å². The van der Waals surface area contributed by atoms with Gasteiger partial charge in [-0.05, 0) is 60.5 Å². The van der Waals surface area contributed by atoms with Gasteiger partial charge in [0.2, 0.25) is 0 Å². The van der Waals surface area contributed by atoms with Crippen molar-refractivity contribution in [3.8, 4) is 0 Å². The van der Waals surface area contributed by atoms with Crippen molar-refractivity contribution in [2.45, 2.75) is 83.4 Å². The highest BCUT2D eigenvalue weighted by molar-refractivity contribution is 5.95. The van der Waals surface area contributed by atoms with Crippen LogP contribution in [-0.2, 0) is 14.3 Å². The number of allylic oxidation sites excluding steroid dienone is 1. The van der Waals surface area contributed by atoms with Crippen LogP contribution < -0.4 is 0 Å². The van der Waals surface area contributed by atoms with Gasteiger partial charge in [0.15, 0.2) is 11.6 Å². The number of ether oxygens (including phenoxy) is 2. The van der Waals surface area contributed by atoms with E-state index in [1.807, 2.05) is 13.0 Å². The number of carbonyl (C=O) groups is 1. The summed E-state index contributed by atoms with van der Waals surface area (Å²) in [5.74, 6) is -0.233. The largest absolute Gasteiger partial charge is 0.386 e. The number of hydrogen-bond donors (Lipinski definition) is 2. The maximum absolute atomic E-state index is 14.3. The molecule has 30 heavy (non-hydrogen) atoms. The van der Waals surface area contributed by atoms with Crippen LogP contribution in [0.2, 0.25) is 0 Å². The van der Waals surface area contributed by atoms with Gasteiger partial charge in [0.25, 0.3) is 0 Å². The zero-order chi connectivity index (χ0) is 21.3. The van der Waals surface area contributed by atoms with Crippen molar-refractivity contribution in [3.63, 3.8) is 0 Å². The van der Waals surface area contributed by atoms with E-state index < -0.39 is 29.0 Å². The summed E-state index contributed by atoms with van der Waals surface area (Å²) in [7, 11) is 0. The molecule has 6 rings (SSSR count). The average Bonchev–Trinajstić information content (AvgIpc) is 2.99. The molecule has 2 unspecified atom stereocenters. The lowest BCUT2D eigenvalue weighted by Crippen LogP contribution is -2.68. The summed E-state index contributed by atoms with van der Waals surface area (Å²) >= 11 is 0. The first-order chi connectivity index (χ1) is 14.1. The van der Waals surface area contributed by atoms with Crippen molar-refractivity contribution < 1.29 is 24.5 Å². The Bertz CT molecular complexity index is 880. The number of Topliss-reactive ketones (excluding diaryl/α,β-unsaturated/α-hetero) is 1. The van der Waals surface area contributed by atoms with E-state index in [1.165, 1.54) is 0 Å². The van der Waals surface area contributed by atoms with Gasteiger partial charge in [-0.15, -0.1) is 0 Å². The molecule has 8 atom stereocenters. The highest BCUT2D eigenvalue weighted by Crippen LogP contribution is 2.72. The molecule has 1 saturated heterocycles. The van der Waals surface area contributed by atoms with Crippen LogP contribution in [0.1, 0.15) is 59.8 Å². The van der Waals surface area contributed by atoms with E-state index in [0.717, 1.165) is 37.7 Å². The molecule has 164 valence electrons. The van der Waals surface area contributed by atoms with Gasteiger partial charge in [-0.3, -0.25) is 4.79 Å². The molecule has 1 heterocycles. The number of fused-ring (bicyclic) bond motifs is 5. The second-order valence-electron chi connectivity index (χ2n) is 11.6. The van der Waals surface area contributed by atoms with Crippen molar-refractivity contribution in [1.29, 1.82) is 0 Å². The van der Waals surface area contributed by atoms with Gasteiger partial charge in [0, 0.05) is 18.8 Å². The maximum atomic E-state index is 14.3. The quantitative estimate of drug-likeness (QED) is 0.596. The summed E-state index contributed by atoms with van der Waals surface area (Å²) in [6.45, 7) is 8.82. The second kappa shape index (κ2) is 5.67. The van der Waals surface area contributed by atoms with E-state index in [-0.39, 0.29) is 29.0 Å². The molecule has 2 spiro atoms. The molecule has 1 aliphatic heterocycles. The third kappa shape index (κ3) is 2.02. The van der Waals surface area contributed by atoms with Crippen molar-refractivity contribution >= 4 is 5.78 Å². The van der Waals surface area contributed by atoms with Crippen LogP contribution in [0.5, 0.6) is 0 Å². The SMILES string of the molecule is CC1=CC23C(=O)C(C=C4COC5(CCCC5)O[C@H]4[C@]2(O)[C@H]1O)[C@H]1[C@@H](C[C@H]3C)C1(C)C.